The van der Waals surface area contributed by atoms with Crippen LogP contribution >= 0.6 is 21.6 Å². The molecule has 0 unspecified atom stereocenters. The Morgan fingerprint density at radius 1 is 1.17 bits per heavy atom. The lowest BCUT2D eigenvalue weighted by molar-refractivity contribution is -0.136. The third-order valence-corrected chi connectivity index (χ3v) is 5.94. The molecule has 24 heavy (non-hydrogen) atoms. The van der Waals surface area contributed by atoms with E-state index >= 15 is 0 Å². The molecular formula is C15H16F3NO3S2. The van der Waals surface area contributed by atoms with Crippen molar-refractivity contribution in [3.63, 3.8) is 0 Å². The lowest BCUT2D eigenvalue weighted by Gasteiger charge is -2.05. The van der Waals surface area contributed by atoms with Crippen LogP contribution < -0.4 is 5.32 Å². The van der Waals surface area contributed by atoms with Crippen molar-refractivity contribution in [2.75, 3.05) is 18.1 Å². The van der Waals surface area contributed by atoms with E-state index in [0.717, 1.165) is 12.1 Å². The van der Waals surface area contributed by atoms with Gasteiger partial charge in [0.15, 0.2) is 17.5 Å². The van der Waals surface area contributed by atoms with Gasteiger partial charge in [0, 0.05) is 24.0 Å². The number of halogens is 3. The van der Waals surface area contributed by atoms with Crippen LogP contribution in [0.15, 0.2) is 12.1 Å². The number of hydrogen-bond acceptors (Lipinski definition) is 4. The number of carbonyl (C=O) groups excluding carboxylic acids is 1. The summed E-state index contributed by atoms with van der Waals surface area (Å²) in [5.41, 5.74) is 0.296. The quantitative estimate of drug-likeness (QED) is 0.392. The van der Waals surface area contributed by atoms with Gasteiger partial charge >= 0.3 is 5.97 Å². The van der Waals surface area contributed by atoms with Crippen LogP contribution in [0.25, 0.3) is 0 Å². The molecule has 1 aromatic rings. The van der Waals surface area contributed by atoms with Crippen molar-refractivity contribution < 1.29 is 27.9 Å². The SMILES string of the molecule is O=C(O)CCSSCCNC(=O)[C@@H]1C[C@H]1c1cc(F)c(F)c(F)c1. The molecule has 9 heteroatoms. The zero-order chi connectivity index (χ0) is 17.7. The Morgan fingerprint density at radius 3 is 2.42 bits per heavy atom. The molecule has 0 bridgehead atoms. The molecule has 0 radical (unpaired) electrons. The van der Waals surface area contributed by atoms with Gasteiger partial charge in [0.05, 0.1) is 6.42 Å². The first-order valence-corrected chi connectivity index (χ1v) is 9.77. The van der Waals surface area contributed by atoms with E-state index in [1.165, 1.54) is 21.6 Å². The Hall–Kier alpha value is -1.35. The topological polar surface area (TPSA) is 66.4 Å². The molecule has 1 aliphatic carbocycles. The lowest BCUT2D eigenvalue weighted by atomic mass is 10.1. The van der Waals surface area contributed by atoms with Gasteiger partial charge in [-0.25, -0.2) is 13.2 Å². The van der Waals surface area contributed by atoms with Gasteiger partial charge < -0.3 is 10.4 Å². The Morgan fingerprint density at radius 2 is 1.79 bits per heavy atom. The third kappa shape index (κ3) is 5.34. The summed E-state index contributed by atoms with van der Waals surface area (Å²) in [5, 5.41) is 11.2. The molecule has 0 aromatic heterocycles. The van der Waals surface area contributed by atoms with Crippen LogP contribution in [0, 0.1) is 23.4 Å². The number of hydrogen-bond donors (Lipinski definition) is 2. The van der Waals surface area contributed by atoms with E-state index in [-0.39, 0.29) is 24.2 Å². The van der Waals surface area contributed by atoms with E-state index < -0.39 is 23.4 Å². The lowest BCUT2D eigenvalue weighted by Crippen LogP contribution is -2.27. The van der Waals surface area contributed by atoms with E-state index in [2.05, 4.69) is 5.32 Å². The summed E-state index contributed by atoms with van der Waals surface area (Å²) in [6, 6.07) is 1.87. The van der Waals surface area contributed by atoms with Crippen LogP contribution in [0.4, 0.5) is 13.2 Å². The normalized spacial score (nSPS) is 19.1. The van der Waals surface area contributed by atoms with Crippen molar-refractivity contribution in [2.45, 2.75) is 18.8 Å². The number of carboxylic acids is 1. The monoisotopic (exact) mass is 379 g/mol. The Balaban J connectivity index is 1.68. The number of carbonyl (C=O) groups is 2. The largest absolute Gasteiger partial charge is 0.481 e. The van der Waals surface area contributed by atoms with Gasteiger partial charge in [0.25, 0.3) is 0 Å². The van der Waals surface area contributed by atoms with Gasteiger partial charge in [-0.05, 0) is 30.0 Å². The summed E-state index contributed by atoms with van der Waals surface area (Å²) in [4.78, 5) is 22.3. The first kappa shape index (κ1) is 19.0. The van der Waals surface area contributed by atoms with E-state index in [1.54, 1.807) is 0 Å². The maximum absolute atomic E-state index is 13.2. The number of amides is 1. The molecule has 0 spiro atoms. The summed E-state index contributed by atoms with van der Waals surface area (Å²) in [5.74, 6) is -4.53. The van der Waals surface area contributed by atoms with Gasteiger partial charge in [-0.15, -0.1) is 0 Å². The number of rotatable bonds is 9. The molecule has 132 valence electrons. The Bertz CT molecular complexity index is 607. The van der Waals surface area contributed by atoms with Crippen molar-refractivity contribution in [1.29, 1.82) is 0 Å². The van der Waals surface area contributed by atoms with E-state index in [9.17, 15) is 22.8 Å². The van der Waals surface area contributed by atoms with Crippen molar-refractivity contribution in [3.05, 3.63) is 35.1 Å². The molecule has 1 aromatic carbocycles. The van der Waals surface area contributed by atoms with Gasteiger partial charge in [-0.3, -0.25) is 9.59 Å². The molecule has 2 rings (SSSR count). The zero-order valence-electron chi connectivity index (χ0n) is 12.6. The van der Waals surface area contributed by atoms with Crippen LogP contribution in [0.1, 0.15) is 24.3 Å². The van der Waals surface area contributed by atoms with Crippen LogP contribution in [-0.2, 0) is 9.59 Å². The highest BCUT2D eigenvalue weighted by Gasteiger charge is 2.44. The molecule has 1 amide bonds. The van der Waals surface area contributed by atoms with Crippen molar-refractivity contribution in [1.82, 2.24) is 5.32 Å². The maximum atomic E-state index is 13.2. The molecular weight excluding hydrogens is 363 g/mol. The average Bonchev–Trinajstić information content (AvgIpc) is 3.31. The van der Waals surface area contributed by atoms with Crippen molar-refractivity contribution in [2.24, 2.45) is 5.92 Å². The van der Waals surface area contributed by atoms with Crippen LogP contribution in [0.2, 0.25) is 0 Å². The molecule has 0 saturated heterocycles. The van der Waals surface area contributed by atoms with Crippen molar-refractivity contribution >= 4 is 33.5 Å². The number of nitrogens with one attached hydrogen (secondary N) is 1. The standard InChI is InChI=1S/C15H16F3NO3S2/c16-11-5-8(6-12(17)14(11)18)9-7-10(9)15(22)19-2-4-24-23-3-1-13(20)21/h5-6,9-10H,1-4,7H2,(H,19,22)(H,20,21)/t9-,10+/m0/s1. The summed E-state index contributed by atoms with van der Waals surface area (Å²) < 4.78 is 39.3. The van der Waals surface area contributed by atoms with Crippen molar-refractivity contribution in [3.8, 4) is 0 Å². The molecule has 1 saturated carbocycles. The maximum Gasteiger partial charge on any atom is 0.304 e. The molecule has 1 fully saturated rings. The van der Waals surface area contributed by atoms with Gasteiger partial charge in [-0.1, -0.05) is 21.6 Å². The smallest absolute Gasteiger partial charge is 0.304 e. The molecule has 0 aliphatic heterocycles. The summed E-state index contributed by atoms with van der Waals surface area (Å²) in [6.07, 6.45) is 0.579. The second-order valence-corrected chi connectivity index (χ2v) is 8.03. The second kappa shape index (κ2) is 8.66. The Kier molecular flexibility index (Phi) is 6.85. The average molecular weight is 379 g/mol. The van der Waals surface area contributed by atoms with Gasteiger partial charge in [-0.2, -0.15) is 0 Å². The predicted octanol–water partition coefficient (Wildman–Crippen LogP) is 3.18. The van der Waals surface area contributed by atoms with Gasteiger partial charge in [0.1, 0.15) is 0 Å². The van der Waals surface area contributed by atoms with Crippen LogP contribution in [0.3, 0.4) is 0 Å². The molecule has 2 atom stereocenters. The molecule has 4 nitrogen and oxygen atoms in total. The highest BCUT2D eigenvalue weighted by molar-refractivity contribution is 8.76. The fraction of sp³-hybridized carbons (Fsp3) is 0.467. The van der Waals surface area contributed by atoms with E-state index in [0.29, 0.717) is 30.0 Å². The minimum atomic E-state index is -1.50. The highest BCUT2D eigenvalue weighted by Crippen LogP contribution is 2.48. The summed E-state index contributed by atoms with van der Waals surface area (Å²) in [7, 11) is 2.89. The van der Waals surface area contributed by atoms with Crippen LogP contribution in [0.5, 0.6) is 0 Å². The second-order valence-electron chi connectivity index (χ2n) is 5.33. The third-order valence-electron chi connectivity index (χ3n) is 3.53. The van der Waals surface area contributed by atoms with E-state index in [4.69, 9.17) is 5.11 Å². The zero-order valence-corrected chi connectivity index (χ0v) is 14.2. The fourth-order valence-electron chi connectivity index (χ4n) is 2.24. The van der Waals surface area contributed by atoms with E-state index in [1.807, 2.05) is 0 Å². The Labute approximate surface area is 145 Å². The first-order valence-electron chi connectivity index (χ1n) is 7.28. The number of aliphatic carboxylic acids is 1. The number of carboxylic acid groups (broad SMARTS) is 1. The predicted molar refractivity (Wildman–Crippen MR) is 87.3 cm³/mol. The fourth-order valence-corrected chi connectivity index (χ4v) is 4.12. The summed E-state index contributed by atoms with van der Waals surface area (Å²) >= 11 is 0. The number of benzene rings is 1. The molecule has 2 N–H and O–H groups in total. The molecule has 0 heterocycles. The van der Waals surface area contributed by atoms with Gasteiger partial charge in [0.2, 0.25) is 5.91 Å². The first-order chi connectivity index (χ1) is 11.4. The highest BCUT2D eigenvalue weighted by atomic mass is 33.1. The minimum Gasteiger partial charge on any atom is -0.481 e. The molecule has 1 aliphatic rings. The summed E-state index contributed by atoms with van der Waals surface area (Å²) in [6.45, 7) is 0.429. The van der Waals surface area contributed by atoms with Crippen LogP contribution in [-0.4, -0.2) is 35.0 Å². The minimum absolute atomic E-state index is 0.0958.